The Bertz CT molecular complexity index is 692. The summed E-state index contributed by atoms with van der Waals surface area (Å²) in [5.74, 6) is -0.727. The second-order valence-corrected chi connectivity index (χ2v) is 3.99. The topological polar surface area (TPSA) is 107 Å². The fourth-order valence-electron chi connectivity index (χ4n) is 1.76. The molecule has 0 spiro atoms. The first-order chi connectivity index (χ1) is 9.43. The number of ether oxygens (including phenoxy) is 1. The third-order valence-electron chi connectivity index (χ3n) is 2.76. The predicted molar refractivity (Wildman–Crippen MR) is 68.5 cm³/mol. The molecule has 0 aliphatic heterocycles. The van der Waals surface area contributed by atoms with Gasteiger partial charge >= 0.3 is 5.97 Å². The van der Waals surface area contributed by atoms with E-state index in [1.807, 2.05) is 0 Å². The van der Waals surface area contributed by atoms with E-state index in [0.717, 1.165) is 0 Å². The summed E-state index contributed by atoms with van der Waals surface area (Å²) >= 11 is 0. The predicted octanol–water partition coefficient (Wildman–Crippen LogP) is 1.80. The second-order valence-electron chi connectivity index (χ2n) is 3.99. The minimum Gasteiger partial charge on any atom is -0.497 e. The smallest absolute Gasteiger partial charge is 0.339 e. The van der Waals surface area contributed by atoms with Gasteiger partial charge in [0, 0.05) is 18.3 Å². The Morgan fingerprint density at radius 1 is 1.50 bits per heavy atom. The lowest BCUT2D eigenvalue weighted by Gasteiger charge is -2.05. The lowest BCUT2D eigenvalue weighted by atomic mass is 10.2. The molecule has 0 aliphatic carbocycles. The molecule has 8 heteroatoms. The summed E-state index contributed by atoms with van der Waals surface area (Å²) in [7, 11) is 1.43. The van der Waals surface area contributed by atoms with Crippen molar-refractivity contribution in [2.45, 2.75) is 6.92 Å². The molecule has 2 aromatic rings. The van der Waals surface area contributed by atoms with Crippen molar-refractivity contribution in [3.63, 3.8) is 0 Å². The van der Waals surface area contributed by atoms with Crippen molar-refractivity contribution < 1.29 is 19.6 Å². The van der Waals surface area contributed by atoms with Crippen LogP contribution in [-0.4, -0.2) is 32.9 Å². The summed E-state index contributed by atoms with van der Waals surface area (Å²) in [6.45, 7) is 1.52. The van der Waals surface area contributed by atoms with Gasteiger partial charge in [0.15, 0.2) is 0 Å². The summed E-state index contributed by atoms with van der Waals surface area (Å²) in [6, 6.07) is 4.16. The third-order valence-corrected chi connectivity index (χ3v) is 2.76. The zero-order chi connectivity index (χ0) is 14.9. The first-order valence-electron chi connectivity index (χ1n) is 5.56. The van der Waals surface area contributed by atoms with E-state index in [-0.39, 0.29) is 22.6 Å². The quantitative estimate of drug-likeness (QED) is 0.674. The van der Waals surface area contributed by atoms with Crippen LogP contribution in [0, 0.1) is 17.0 Å². The SMILES string of the molecule is COc1ccc([N+](=O)[O-])c(-n2cc(C(=O)O)c(C)n2)c1. The molecule has 0 saturated carbocycles. The highest BCUT2D eigenvalue weighted by atomic mass is 16.6. The fraction of sp³-hybridized carbons (Fsp3) is 0.167. The molecule has 1 aromatic carbocycles. The summed E-state index contributed by atoms with van der Waals surface area (Å²) in [5, 5.41) is 24.0. The maximum Gasteiger partial charge on any atom is 0.339 e. The van der Waals surface area contributed by atoms with Crippen LogP contribution in [0.2, 0.25) is 0 Å². The minimum absolute atomic E-state index is 0.0119. The van der Waals surface area contributed by atoms with Gasteiger partial charge in [0.05, 0.1) is 17.7 Å². The molecule has 1 heterocycles. The fourth-order valence-corrected chi connectivity index (χ4v) is 1.76. The Hall–Kier alpha value is -2.90. The molecule has 1 N–H and O–H groups in total. The Morgan fingerprint density at radius 2 is 2.20 bits per heavy atom. The summed E-state index contributed by atoms with van der Waals surface area (Å²) in [4.78, 5) is 21.5. The van der Waals surface area contributed by atoms with E-state index in [0.29, 0.717) is 5.75 Å². The number of carboxylic acids is 1. The lowest BCUT2D eigenvalue weighted by Crippen LogP contribution is -2.01. The number of carboxylic acid groups (broad SMARTS) is 1. The van der Waals surface area contributed by atoms with Crippen LogP contribution in [-0.2, 0) is 0 Å². The number of nitrogens with zero attached hydrogens (tertiary/aromatic N) is 3. The molecule has 0 saturated heterocycles. The molecule has 20 heavy (non-hydrogen) atoms. The molecule has 104 valence electrons. The van der Waals surface area contributed by atoms with Crippen molar-refractivity contribution in [2.24, 2.45) is 0 Å². The molecule has 0 bridgehead atoms. The molecule has 0 radical (unpaired) electrons. The maximum atomic E-state index is 11.0. The largest absolute Gasteiger partial charge is 0.497 e. The summed E-state index contributed by atoms with van der Waals surface area (Å²) in [6.07, 6.45) is 1.24. The van der Waals surface area contributed by atoms with Gasteiger partial charge in [0.1, 0.15) is 17.0 Å². The molecule has 0 amide bonds. The molecule has 0 atom stereocenters. The van der Waals surface area contributed by atoms with Crippen LogP contribution in [0.4, 0.5) is 5.69 Å². The second kappa shape index (κ2) is 5.00. The van der Waals surface area contributed by atoms with Gasteiger partial charge in [-0.2, -0.15) is 5.10 Å². The number of methoxy groups -OCH3 is 1. The van der Waals surface area contributed by atoms with E-state index >= 15 is 0 Å². The number of aromatic carboxylic acids is 1. The number of aryl methyl sites for hydroxylation is 1. The molecule has 0 fully saturated rings. The average molecular weight is 277 g/mol. The number of benzene rings is 1. The van der Waals surface area contributed by atoms with Crippen molar-refractivity contribution in [1.29, 1.82) is 0 Å². The van der Waals surface area contributed by atoms with Crippen LogP contribution in [0.3, 0.4) is 0 Å². The van der Waals surface area contributed by atoms with Crippen LogP contribution < -0.4 is 4.74 Å². The average Bonchev–Trinajstić information content (AvgIpc) is 2.80. The lowest BCUT2D eigenvalue weighted by molar-refractivity contribution is -0.384. The maximum absolute atomic E-state index is 11.0. The zero-order valence-electron chi connectivity index (χ0n) is 10.7. The van der Waals surface area contributed by atoms with Crippen LogP contribution in [0.5, 0.6) is 5.75 Å². The molecule has 1 aromatic heterocycles. The summed E-state index contributed by atoms with van der Waals surface area (Å²) < 4.78 is 6.18. The number of aromatic nitrogens is 2. The van der Waals surface area contributed by atoms with Crippen LogP contribution >= 0.6 is 0 Å². The highest BCUT2D eigenvalue weighted by Crippen LogP contribution is 2.27. The molecular formula is C12H11N3O5. The van der Waals surface area contributed by atoms with E-state index in [4.69, 9.17) is 9.84 Å². The van der Waals surface area contributed by atoms with Crippen molar-refractivity contribution >= 4 is 11.7 Å². The molecular weight excluding hydrogens is 266 g/mol. The van der Waals surface area contributed by atoms with Crippen LogP contribution in [0.25, 0.3) is 5.69 Å². The van der Waals surface area contributed by atoms with E-state index in [2.05, 4.69) is 5.10 Å². The van der Waals surface area contributed by atoms with Crippen LogP contribution in [0.1, 0.15) is 16.1 Å². The Labute approximate surface area is 113 Å². The normalized spacial score (nSPS) is 10.3. The van der Waals surface area contributed by atoms with Crippen LogP contribution in [0.15, 0.2) is 24.4 Å². The van der Waals surface area contributed by atoms with Gasteiger partial charge in [0.25, 0.3) is 5.69 Å². The summed E-state index contributed by atoms with van der Waals surface area (Å²) in [5.41, 5.74) is 0.215. The first kappa shape index (κ1) is 13.5. The third kappa shape index (κ3) is 2.30. The van der Waals surface area contributed by atoms with Gasteiger partial charge in [-0.05, 0) is 13.0 Å². The van der Waals surface area contributed by atoms with Gasteiger partial charge in [0.2, 0.25) is 0 Å². The van der Waals surface area contributed by atoms with E-state index in [9.17, 15) is 14.9 Å². The number of nitro groups is 1. The number of nitro benzene ring substituents is 1. The Kier molecular flexibility index (Phi) is 3.38. The Morgan fingerprint density at radius 3 is 2.70 bits per heavy atom. The van der Waals surface area contributed by atoms with E-state index < -0.39 is 10.9 Å². The van der Waals surface area contributed by atoms with E-state index in [1.165, 1.54) is 43.1 Å². The number of hydrogen-bond donors (Lipinski definition) is 1. The number of hydrogen-bond acceptors (Lipinski definition) is 5. The standard InChI is InChI=1S/C12H11N3O5/c1-7-9(12(16)17)6-14(13-7)11-5-8(20-2)3-4-10(11)15(18)19/h3-6H,1-2H3,(H,16,17). The van der Waals surface area contributed by atoms with Gasteiger partial charge in [-0.3, -0.25) is 10.1 Å². The Balaban J connectivity index is 2.64. The van der Waals surface area contributed by atoms with Gasteiger partial charge in [-0.1, -0.05) is 0 Å². The van der Waals surface area contributed by atoms with Gasteiger partial charge < -0.3 is 9.84 Å². The zero-order valence-corrected chi connectivity index (χ0v) is 10.7. The van der Waals surface area contributed by atoms with E-state index in [1.54, 1.807) is 0 Å². The van der Waals surface area contributed by atoms with Crippen molar-refractivity contribution in [2.75, 3.05) is 7.11 Å². The van der Waals surface area contributed by atoms with Crippen molar-refractivity contribution in [3.05, 3.63) is 45.8 Å². The molecule has 0 aliphatic rings. The number of rotatable bonds is 4. The molecule has 8 nitrogen and oxygen atoms in total. The highest BCUT2D eigenvalue weighted by Gasteiger charge is 2.20. The minimum atomic E-state index is -1.14. The number of carbonyl (C=O) groups is 1. The van der Waals surface area contributed by atoms with Crippen molar-refractivity contribution in [1.82, 2.24) is 9.78 Å². The van der Waals surface area contributed by atoms with Crippen molar-refractivity contribution in [3.8, 4) is 11.4 Å². The monoisotopic (exact) mass is 277 g/mol. The van der Waals surface area contributed by atoms with Gasteiger partial charge in [-0.15, -0.1) is 0 Å². The molecule has 2 rings (SSSR count). The van der Waals surface area contributed by atoms with Gasteiger partial charge in [-0.25, -0.2) is 9.48 Å². The highest BCUT2D eigenvalue weighted by molar-refractivity contribution is 5.88. The first-order valence-corrected chi connectivity index (χ1v) is 5.56. The molecule has 0 unspecified atom stereocenters.